The van der Waals surface area contributed by atoms with E-state index in [4.69, 9.17) is 0 Å². The number of benzene rings is 1. The van der Waals surface area contributed by atoms with Crippen molar-refractivity contribution >= 4 is 15.9 Å². The van der Waals surface area contributed by atoms with Gasteiger partial charge in [0.15, 0.2) is 0 Å². The molecule has 0 aliphatic rings. The Balaban J connectivity index is 2.31. The smallest absolute Gasteiger partial charge is 0.143 e. The largest absolute Gasteiger partial charge is 0.313 e. The molecule has 1 atom stereocenters. The molecule has 2 rings (SSSR count). The van der Waals surface area contributed by atoms with Crippen molar-refractivity contribution in [2.24, 2.45) is 7.05 Å². The highest BCUT2D eigenvalue weighted by Gasteiger charge is 2.19. The monoisotopic (exact) mass is 329 g/mol. The number of nitrogens with one attached hydrogen (secondary N) is 1. The van der Waals surface area contributed by atoms with Crippen LogP contribution in [0.3, 0.4) is 0 Å². The van der Waals surface area contributed by atoms with E-state index in [-0.39, 0.29) is 22.5 Å². The van der Waals surface area contributed by atoms with Gasteiger partial charge in [-0.15, -0.1) is 0 Å². The third-order valence-corrected chi connectivity index (χ3v) is 3.64. The first-order chi connectivity index (χ1) is 9.02. The number of hydrogen-bond acceptors (Lipinski definition) is 2. The minimum atomic E-state index is -0.552. The van der Waals surface area contributed by atoms with Gasteiger partial charge in [0, 0.05) is 30.4 Å². The fourth-order valence-corrected chi connectivity index (χ4v) is 2.34. The van der Waals surface area contributed by atoms with Crippen LogP contribution in [0, 0.1) is 11.6 Å². The van der Waals surface area contributed by atoms with Crippen LogP contribution >= 0.6 is 15.9 Å². The van der Waals surface area contributed by atoms with Gasteiger partial charge in [0.1, 0.15) is 11.6 Å². The SMILES string of the molecule is CNC(Cc1c(F)ccc(Br)c1F)c1cnn(C)c1. The summed E-state index contributed by atoms with van der Waals surface area (Å²) in [6.45, 7) is 0. The van der Waals surface area contributed by atoms with E-state index >= 15 is 0 Å². The summed E-state index contributed by atoms with van der Waals surface area (Å²) in [4.78, 5) is 0. The molecule has 0 aliphatic carbocycles. The highest BCUT2D eigenvalue weighted by molar-refractivity contribution is 9.10. The molecule has 0 bridgehead atoms. The average molecular weight is 330 g/mol. The molecule has 1 N–H and O–H groups in total. The molecule has 1 aromatic heterocycles. The lowest BCUT2D eigenvalue weighted by Gasteiger charge is -2.16. The zero-order valence-corrected chi connectivity index (χ0v) is 12.2. The molecule has 1 heterocycles. The maximum atomic E-state index is 13.9. The van der Waals surface area contributed by atoms with Gasteiger partial charge in [0.25, 0.3) is 0 Å². The summed E-state index contributed by atoms with van der Waals surface area (Å²) in [6, 6.07) is 2.44. The van der Waals surface area contributed by atoms with E-state index in [0.29, 0.717) is 0 Å². The summed E-state index contributed by atoms with van der Waals surface area (Å²) in [5.41, 5.74) is 0.960. The summed E-state index contributed by atoms with van der Waals surface area (Å²) in [5.74, 6) is -1.09. The molecule has 0 radical (unpaired) electrons. The first kappa shape index (κ1) is 14.1. The van der Waals surface area contributed by atoms with Crippen LogP contribution in [0.25, 0.3) is 0 Å². The highest BCUT2D eigenvalue weighted by atomic mass is 79.9. The van der Waals surface area contributed by atoms with Crippen molar-refractivity contribution in [3.63, 3.8) is 0 Å². The number of hydrogen-bond donors (Lipinski definition) is 1. The summed E-state index contributed by atoms with van der Waals surface area (Å²) in [6.07, 6.45) is 3.74. The van der Waals surface area contributed by atoms with Crippen molar-refractivity contribution in [3.8, 4) is 0 Å². The topological polar surface area (TPSA) is 29.9 Å². The number of aromatic nitrogens is 2. The van der Waals surface area contributed by atoms with Gasteiger partial charge in [-0.25, -0.2) is 8.78 Å². The Bertz CT molecular complexity index is 583. The summed E-state index contributed by atoms with van der Waals surface area (Å²) in [5, 5.41) is 7.12. The minimum absolute atomic E-state index is 0.0672. The standard InChI is InChI=1S/C13H14BrF2N3/c1-17-12(8-6-18-19(2)7-8)5-9-11(15)4-3-10(14)13(9)16/h3-4,6-7,12,17H,5H2,1-2H3. The highest BCUT2D eigenvalue weighted by Crippen LogP contribution is 2.26. The molecule has 0 spiro atoms. The van der Waals surface area contributed by atoms with Crippen molar-refractivity contribution in [3.05, 3.63) is 51.8 Å². The molecule has 0 fully saturated rings. The van der Waals surface area contributed by atoms with Gasteiger partial charge in [0.2, 0.25) is 0 Å². The number of aryl methyl sites for hydroxylation is 1. The van der Waals surface area contributed by atoms with Crippen LogP contribution in [-0.4, -0.2) is 16.8 Å². The Morgan fingerprint density at radius 3 is 2.74 bits per heavy atom. The Kier molecular flexibility index (Phi) is 4.31. The van der Waals surface area contributed by atoms with E-state index < -0.39 is 11.6 Å². The van der Waals surface area contributed by atoms with E-state index in [0.717, 1.165) is 5.56 Å². The molecule has 0 saturated heterocycles. The molecule has 0 saturated carbocycles. The van der Waals surface area contributed by atoms with Gasteiger partial charge in [-0.05, 0) is 41.5 Å². The zero-order chi connectivity index (χ0) is 14.0. The van der Waals surface area contributed by atoms with Crippen molar-refractivity contribution in [2.45, 2.75) is 12.5 Å². The zero-order valence-electron chi connectivity index (χ0n) is 10.6. The molecule has 1 unspecified atom stereocenters. The van der Waals surface area contributed by atoms with Gasteiger partial charge in [-0.1, -0.05) is 0 Å². The summed E-state index contributed by atoms with van der Waals surface area (Å²) < 4.78 is 29.6. The van der Waals surface area contributed by atoms with Crippen LogP contribution in [0.4, 0.5) is 8.78 Å². The summed E-state index contributed by atoms with van der Waals surface area (Å²) in [7, 11) is 3.56. The second kappa shape index (κ2) is 5.79. The van der Waals surface area contributed by atoms with Gasteiger partial charge >= 0.3 is 0 Å². The van der Waals surface area contributed by atoms with Gasteiger partial charge in [-0.2, -0.15) is 5.10 Å². The molecule has 102 valence electrons. The molecule has 2 aromatic rings. The second-order valence-corrected chi connectivity index (χ2v) is 5.17. The molecular weight excluding hydrogens is 316 g/mol. The molecule has 3 nitrogen and oxygen atoms in total. The Hall–Kier alpha value is -1.27. The molecule has 1 aromatic carbocycles. The normalized spacial score (nSPS) is 12.7. The van der Waals surface area contributed by atoms with E-state index in [1.807, 2.05) is 6.20 Å². The van der Waals surface area contributed by atoms with Crippen molar-refractivity contribution in [1.82, 2.24) is 15.1 Å². The quantitative estimate of drug-likeness (QED) is 0.874. The number of nitrogens with zero attached hydrogens (tertiary/aromatic N) is 2. The van der Waals surface area contributed by atoms with Crippen LogP contribution in [0.15, 0.2) is 29.0 Å². The maximum absolute atomic E-state index is 13.9. The minimum Gasteiger partial charge on any atom is -0.313 e. The maximum Gasteiger partial charge on any atom is 0.143 e. The van der Waals surface area contributed by atoms with Crippen LogP contribution in [-0.2, 0) is 13.5 Å². The summed E-state index contributed by atoms with van der Waals surface area (Å²) >= 11 is 3.07. The first-order valence-corrected chi connectivity index (χ1v) is 6.60. The lowest BCUT2D eigenvalue weighted by molar-refractivity contribution is 0.512. The van der Waals surface area contributed by atoms with Crippen LogP contribution < -0.4 is 5.32 Å². The van der Waals surface area contributed by atoms with E-state index in [1.165, 1.54) is 12.1 Å². The third kappa shape index (κ3) is 3.01. The van der Waals surface area contributed by atoms with Crippen molar-refractivity contribution in [1.29, 1.82) is 0 Å². The number of likely N-dealkylation sites (N-methyl/N-ethyl adjacent to an activating group) is 1. The molecule has 0 aliphatic heterocycles. The first-order valence-electron chi connectivity index (χ1n) is 5.81. The molecule has 19 heavy (non-hydrogen) atoms. The van der Waals surface area contributed by atoms with Crippen LogP contribution in [0.1, 0.15) is 17.2 Å². The molecular formula is C13H14BrF2N3. The van der Waals surface area contributed by atoms with Crippen LogP contribution in [0.5, 0.6) is 0 Å². The Morgan fingerprint density at radius 2 is 2.16 bits per heavy atom. The van der Waals surface area contributed by atoms with Crippen molar-refractivity contribution < 1.29 is 8.78 Å². The number of rotatable bonds is 4. The predicted molar refractivity (Wildman–Crippen MR) is 72.8 cm³/mol. The van der Waals surface area contributed by atoms with Gasteiger partial charge in [0.05, 0.1) is 10.7 Å². The third-order valence-electron chi connectivity index (χ3n) is 3.02. The predicted octanol–water partition coefficient (Wildman–Crippen LogP) is 2.96. The average Bonchev–Trinajstić information content (AvgIpc) is 2.81. The van der Waals surface area contributed by atoms with Gasteiger partial charge < -0.3 is 5.32 Å². The molecule has 0 amide bonds. The molecule has 6 heteroatoms. The van der Waals surface area contributed by atoms with Gasteiger partial charge in [-0.3, -0.25) is 4.68 Å². The Labute approximate surface area is 118 Å². The van der Waals surface area contributed by atoms with E-state index in [9.17, 15) is 8.78 Å². The van der Waals surface area contributed by atoms with E-state index in [2.05, 4.69) is 26.3 Å². The van der Waals surface area contributed by atoms with Crippen LogP contribution in [0.2, 0.25) is 0 Å². The second-order valence-electron chi connectivity index (χ2n) is 4.31. The fourth-order valence-electron chi connectivity index (χ4n) is 1.97. The fraction of sp³-hybridized carbons (Fsp3) is 0.308. The Morgan fingerprint density at radius 1 is 1.42 bits per heavy atom. The van der Waals surface area contributed by atoms with Crippen molar-refractivity contribution in [2.75, 3.05) is 7.05 Å². The van der Waals surface area contributed by atoms with E-state index in [1.54, 1.807) is 25.0 Å². The number of halogens is 3. The lowest BCUT2D eigenvalue weighted by atomic mass is 10.0. The lowest BCUT2D eigenvalue weighted by Crippen LogP contribution is -2.19.